The topological polar surface area (TPSA) is 85.0 Å². The van der Waals surface area contributed by atoms with Crippen LogP contribution in [0.2, 0.25) is 0 Å². The Morgan fingerprint density at radius 2 is 2.05 bits per heavy atom. The van der Waals surface area contributed by atoms with Crippen molar-refractivity contribution in [1.29, 1.82) is 0 Å². The Kier molecular flexibility index (Phi) is 4.34. The molecule has 1 aliphatic rings. The van der Waals surface area contributed by atoms with Crippen LogP contribution in [-0.4, -0.2) is 41.9 Å². The van der Waals surface area contributed by atoms with Gasteiger partial charge in [0.05, 0.1) is 5.56 Å². The van der Waals surface area contributed by atoms with Gasteiger partial charge in [-0.1, -0.05) is 0 Å². The lowest BCUT2D eigenvalue weighted by Crippen LogP contribution is -2.38. The number of fused-ring (bicyclic) bond motifs is 1. The molecule has 0 saturated carbocycles. The highest BCUT2D eigenvalue weighted by Crippen LogP contribution is 2.36. The Hall–Kier alpha value is -1.95. The molecule has 6 heteroatoms. The van der Waals surface area contributed by atoms with Gasteiger partial charge in [-0.2, -0.15) is 0 Å². The number of ether oxygens (including phenoxy) is 2. The Morgan fingerprint density at radius 1 is 1.40 bits per heavy atom. The summed E-state index contributed by atoms with van der Waals surface area (Å²) in [7, 11) is 0. The molecule has 0 aromatic heterocycles. The highest BCUT2D eigenvalue weighted by molar-refractivity contribution is 6.00. The Labute approximate surface area is 118 Å². The molecular formula is C14H20N2O4. The number of aliphatic hydroxyl groups is 1. The van der Waals surface area contributed by atoms with E-state index < -0.39 is 0 Å². The van der Waals surface area contributed by atoms with Crippen LogP contribution in [0.1, 0.15) is 30.6 Å². The van der Waals surface area contributed by atoms with Crippen LogP contribution in [0.25, 0.3) is 0 Å². The molecule has 0 aliphatic carbocycles. The highest BCUT2D eigenvalue weighted by Gasteiger charge is 2.24. The van der Waals surface area contributed by atoms with Crippen LogP contribution >= 0.6 is 0 Å². The number of aliphatic hydroxyl groups excluding tert-OH is 1. The molecule has 1 aliphatic heterocycles. The largest absolute Gasteiger partial charge is 0.454 e. The molecule has 0 spiro atoms. The Balaban J connectivity index is 2.27. The molecule has 0 radical (unpaired) electrons. The summed E-state index contributed by atoms with van der Waals surface area (Å²) in [6, 6.07) is 3.26. The lowest BCUT2D eigenvalue weighted by atomic mass is 10.1. The number of nitrogens with zero attached hydrogens (tertiary/aromatic N) is 1. The first kappa shape index (κ1) is 14.5. The van der Waals surface area contributed by atoms with E-state index in [1.54, 1.807) is 17.0 Å². The lowest BCUT2D eigenvalue weighted by Gasteiger charge is -2.27. The molecule has 1 aromatic rings. The summed E-state index contributed by atoms with van der Waals surface area (Å²) in [6.45, 7) is 4.54. The average Bonchev–Trinajstić information content (AvgIpc) is 2.84. The summed E-state index contributed by atoms with van der Waals surface area (Å²) in [4.78, 5) is 14.3. The van der Waals surface area contributed by atoms with E-state index >= 15 is 0 Å². The minimum absolute atomic E-state index is 0.0267. The first-order valence-corrected chi connectivity index (χ1v) is 6.65. The lowest BCUT2D eigenvalue weighted by molar-refractivity contribution is 0.0694. The van der Waals surface area contributed by atoms with Crippen molar-refractivity contribution in [1.82, 2.24) is 4.90 Å². The second-order valence-corrected chi connectivity index (χ2v) is 4.96. The number of hydrogen-bond acceptors (Lipinski definition) is 5. The summed E-state index contributed by atoms with van der Waals surface area (Å²) >= 11 is 0. The summed E-state index contributed by atoms with van der Waals surface area (Å²) in [5.74, 6) is 0.933. The second-order valence-electron chi connectivity index (χ2n) is 4.96. The molecule has 1 heterocycles. The van der Waals surface area contributed by atoms with Crippen LogP contribution in [0, 0.1) is 0 Å². The van der Waals surface area contributed by atoms with Gasteiger partial charge in [0.15, 0.2) is 11.5 Å². The zero-order chi connectivity index (χ0) is 14.7. The monoisotopic (exact) mass is 280 g/mol. The smallest absolute Gasteiger partial charge is 0.256 e. The number of hydrogen-bond donors (Lipinski definition) is 2. The molecule has 110 valence electrons. The fourth-order valence-corrected chi connectivity index (χ4v) is 2.13. The molecule has 0 fully saturated rings. The number of nitrogens with two attached hydrogens (primary N) is 1. The quantitative estimate of drug-likeness (QED) is 0.792. The number of rotatable bonds is 5. The van der Waals surface area contributed by atoms with E-state index in [-0.39, 0.29) is 25.3 Å². The van der Waals surface area contributed by atoms with E-state index in [4.69, 9.17) is 20.3 Å². The number of anilines is 1. The molecule has 0 bridgehead atoms. The van der Waals surface area contributed by atoms with Crippen LogP contribution < -0.4 is 15.2 Å². The van der Waals surface area contributed by atoms with Crippen LogP contribution in [0.15, 0.2) is 12.1 Å². The Bertz CT molecular complexity index is 502. The maximum atomic E-state index is 12.6. The number of carbonyl (C=O) groups is 1. The molecule has 2 rings (SSSR count). The maximum absolute atomic E-state index is 12.6. The third-order valence-corrected chi connectivity index (χ3v) is 3.22. The van der Waals surface area contributed by atoms with Gasteiger partial charge in [-0.25, -0.2) is 0 Å². The maximum Gasteiger partial charge on any atom is 0.256 e. The fraction of sp³-hybridized carbons (Fsp3) is 0.500. The number of amides is 1. The SMILES string of the molecule is CC(C)N(CCCO)C(=O)c1cc2c(cc1N)OCO2. The fourth-order valence-electron chi connectivity index (χ4n) is 2.13. The van der Waals surface area contributed by atoms with E-state index in [2.05, 4.69) is 0 Å². The predicted octanol–water partition coefficient (Wildman–Crippen LogP) is 1.23. The van der Waals surface area contributed by atoms with Gasteiger partial charge >= 0.3 is 0 Å². The molecular weight excluding hydrogens is 260 g/mol. The highest BCUT2D eigenvalue weighted by atomic mass is 16.7. The van der Waals surface area contributed by atoms with E-state index in [0.29, 0.717) is 35.7 Å². The van der Waals surface area contributed by atoms with Gasteiger partial charge in [0.25, 0.3) is 5.91 Å². The van der Waals surface area contributed by atoms with Crippen molar-refractivity contribution in [2.75, 3.05) is 25.7 Å². The van der Waals surface area contributed by atoms with Gasteiger partial charge in [0.1, 0.15) is 0 Å². The molecule has 6 nitrogen and oxygen atoms in total. The second kappa shape index (κ2) is 6.00. The van der Waals surface area contributed by atoms with Crippen molar-refractivity contribution >= 4 is 11.6 Å². The average molecular weight is 280 g/mol. The molecule has 0 unspecified atom stereocenters. The van der Waals surface area contributed by atoms with Crippen LogP contribution in [0.3, 0.4) is 0 Å². The molecule has 3 N–H and O–H groups in total. The number of nitrogen functional groups attached to an aromatic ring is 1. The summed E-state index contributed by atoms with van der Waals surface area (Å²) in [5, 5.41) is 8.93. The van der Waals surface area contributed by atoms with Crippen molar-refractivity contribution < 1.29 is 19.4 Å². The first-order valence-electron chi connectivity index (χ1n) is 6.65. The summed E-state index contributed by atoms with van der Waals surface area (Å²) in [5.41, 5.74) is 6.70. The van der Waals surface area contributed by atoms with Crippen molar-refractivity contribution in [2.24, 2.45) is 0 Å². The van der Waals surface area contributed by atoms with Crippen molar-refractivity contribution in [2.45, 2.75) is 26.3 Å². The van der Waals surface area contributed by atoms with Gasteiger partial charge in [0, 0.05) is 30.9 Å². The Morgan fingerprint density at radius 3 is 2.65 bits per heavy atom. The molecule has 1 aromatic carbocycles. The zero-order valence-electron chi connectivity index (χ0n) is 11.8. The molecule has 20 heavy (non-hydrogen) atoms. The molecule has 0 atom stereocenters. The van der Waals surface area contributed by atoms with E-state index in [9.17, 15) is 4.79 Å². The van der Waals surface area contributed by atoms with Crippen molar-refractivity contribution in [3.8, 4) is 11.5 Å². The normalized spacial score (nSPS) is 12.8. The zero-order valence-corrected chi connectivity index (χ0v) is 11.8. The van der Waals surface area contributed by atoms with Crippen LogP contribution in [0.4, 0.5) is 5.69 Å². The predicted molar refractivity (Wildman–Crippen MR) is 74.9 cm³/mol. The van der Waals surface area contributed by atoms with Gasteiger partial charge in [-0.05, 0) is 26.3 Å². The van der Waals surface area contributed by atoms with Gasteiger partial charge in [0.2, 0.25) is 6.79 Å². The van der Waals surface area contributed by atoms with Gasteiger partial charge in [-0.3, -0.25) is 4.79 Å². The molecule has 1 amide bonds. The van der Waals surface area contributed by atoms with E-state index in [1.807, 2.05) is 13.8 Å². The number of carbonyl (C=O) groups excluding carboxylic acids is 1. The van der Waals surface area contributed by atoms with Gasteiger partial charge in [-0.15, -0.1) is 0 Å². The standard InChI is InChI=1S/C14H20N2O4/c1-9(2)16(4-3-5-17)14(18)10-6-12-13(7-11(10)15)20-8-19-12/h6-7,9,17H,3-5,8,15H2,1-2H3. The first-order chi connectivity index (χ1) is 9.54. The molecule has 0 saturated heterocycles. The van der Waals surface area contributed by atoms with Crippen LogP contribution in [0.5, 0.6) is 11.5 Å². The minimum Gasteiger partial charge on any atom is -0.454 e. The third kappa shape index (κ3) is 2.80. The van der Waals surface area contributed by atoms with E-state index in [0.717, 1.165) is 0 Å². The minimum atomic E-state index is -0.163. The van der Waals surface area contributed by atoms with E-state index in [1.165, 1.54) is 0 Å². The number of benzene rings is 1. The van der Waals surface area contributed by atoms with Gasteiger partial charge < -0.3 is 25.2 Å². The van der Waals surface area contributed by atoms with Crippen molar-refractivity contribution in [3.05, 3.63) is 17.7 Å². The van der Waals surface area contributed by atoms with Crippen LogP contribution in [-0.2, 0) is 0 Å². The third-order valence-electron chi connectivity index (χ3n) is 3.22. The summed E-state index contributed by atoms with van der Waals surface area (Å²) < 4.78 is 10.5. The summed E-state index contributed by atoms with van der Waals surface area (Å²) in [6.07, 6.45) is 0.536. The van der Waals surface area contributed by atoms with Crippen molar-refractivity contribution in [3.63, 3.8) is 0 Å².